The third-order valence-corrected chi connectivity index (χ3v) is 3.32. The van der Waals surface area contributed by atoms with Crippen LogP contribution in [0.2, 0.25) is 5.02 Å². The van der Waals surface area contributed by atoms with Crippen LogP contribution in [0.15, 0.2) is 24.3 Å². The van der Waals surface area contributed by atoms with Crippen LogP contribution in [-0.2, 0) is 22.7 Å². The second-order valence-corrected chi connectivity index (χ2v) is 5.33. The molecule has 2 aromatic rings. The largest absolute Gasteiger partial charge is 0.486 e. The summed E-state index contributed by atoms with van der Waals surface area (Å²) in [5.41, 5.74) is 0. The molecule has 0 aliphatic rings. The number of halogens is 1. The number of benzene rings is 1. The van der Waals surface area contributed by atoms with Crippen molar-refractivity contribution in [3.63, 3.8) is 0 Å². The molecule has 0 aliphatic carbocycles. The fourth-order valence-electron chi connectivity index (χ4n) is 1.87. The molecule has 0 atom stereocenters. The highest BCUT2D eigenvalue weighted by Crippen LogP contribution is 2.16. The highest BCUT2D eigenvalue weighted by Gasteiger charge is 2.11. The second kappa shape index (κ2) is 9.84. The summed E-state index contributed by atoms with van der Waals surface area (Å²) < 4.78 is 12.2. The molecule has 1 aromatic heterocycles. The van der Waals surface area contributed by atoms with Gasteiger partial charge in [0.1, 0.15) is 18.9 Å². The van der Waals surface area contributed by atoms with Crippen LogP contribution < -0.4 is 10.1 Å². The van der Waals surface area contributed by atoms with E-state index >= 15 is 0 Å². The van der Waals surface area contributed by atoms with Crippen LogP contribution in [0.5, 0.6) is 5.75 Å². The minimum Gasteiger partial charge on any atom is -0.486 e. The van der Waals surface area contributed by atoms with E-state index in [0.717, 1.165) is 6.42 Å². The number of amides is 1. The molecule has 0 saturated carbocycles. The molecular weight excluding hydrogens is 334 g/mol. The number of rotatable bonds is 10. The predicted molar refractivity (Wildman–Crippen MR) is 87.7 cm³/mol. The Morgan fingerprint density at radius 2 is 2.12 bits per heavy atom. The van der Waals surface area contributed by atoms with Gasteiger partial charge >= 0.3 is 0 Å². The number of hydrogen-bond donors (Lipinski definition) is 1. The van der Waals surface area contributed by atoms with Gasteiger partial charge in [-0.05, 0) is 48.0 Å². The fraction of sp³-hybridized carbons (Fsp3) is 0.467. The molecule has 0 bridgehead atoms. The quantitative estimate of drug-likeness (QED) is 0.650. The Balaban J connectivity index is 1.77. The van der Waals surface area contributed by atoms with E-state index in [9.17, 15) is 4.79 Å². The molecule has 0 aliphatic heterocycles. The molecule has 0 unspecified atom stereocenters. The molecule has 1 amide bonds. The smallest absolute Gasteiger partial charge is 0.241 e. The van der Waals surface area contributed by atoms with Crippen molar-refractivity contribution >= 4 is 17.5 Å². The second-order valence-electron chi connectivity index (χ2n) is 4.90. The summed E-state index contributed by atoms with van der Waals surface area (Å²) in [4.78, 5) is 11.9. The number of carbonyl (C=O) groups excluding carboxylic acids is 1. The molecular formula is C15H20ClN5O3. The SMILES string of the molecule is CCOCCCNC(=O)Cn1nnnc1COc1ccc(Cl)cc1. The number of aromatic nitrogens is 4. The molecule has 0 fully saturated rings. The van der Waals surface area contributed by atoms with Gasteiger partial charge in [-0.2, -0.15) is 0 Å². The van der Waals surface area contributed by atoms with E-state index in [1.54, 1.807) is 24.3 Å². The van der Waals surface area contributed by atoms with E-state index in [4.69, 9.17) is 21.1 Å². The van der Waals surface area contributed by atoms with Crippen molar-refractivity contribution in [3.8, 4) is 5.75 Å². The van der Waals surface area contributed by atoms with Crippen molar-refractivity contribution in [1.29, 1.82) is 0 Å². The van der Waals surface area contributed by atoms with Gasteiger partial charge in [0.2, 0.25) is 5.91 Å². The maximum Gasteiger partial charge on any atom is 0.241 e. The van der Waals surface area contributed by atoms with E-state index in [1.807, 2.05) is 6.92 Å². The van der Waals surface area contributed by atoms with Crippen LogP contribution in [0, 0.1) is 0 Å². The number of nitrogens with one attached hydrogen (secondary N) is 1. The lowest BCUT2D eigenvalue weighted by molar-refractivity contribution is -0.121. The molecule has 9 heteroatoms. The van der Waals surface area contributed by atoms with Gasteiger partial charge < -0.3 is 14.8 Å². The Labute approximate surface area is 145 Å². The minimum atomic E-state index is -0.161. The Morgan fingerprint density at radius 1 is 1.33 bits per heavy atom. The van der Waals surface area contributed by atoms with Crippen LogP contribution in [0.1, 0.15) is 19.2 Å². The van der Waals surface area contributed by atoms with Crippen LogP contribution in [-0.4, -0.2) is 45.9 Å². The van der Waals surface area contributed by atoms with Crippen molar-refractivity contribution in [3.05, 3.63) is 35.1 Å². The Hall–Kier alpha value is -2.19. The fourth-order valence-corrected chi connectivity index (χ4v) is 1.99. The van der Waals surface area contributed by atoms with Crippen LogP contribution >= 0.6 is 11.6 Å². The minimum absolute atomic E-state index is 0.0426. The number of hydrogen-bond acceptors (Lipinski definition) is 6. The summed E-state index contributed by atoms with van der Waals surface area (Å²) in [7, 11) is 0. The molecule has 0 saturated heterocycles. The number of carbonyl (C=O) groups is 1. The Bertz CT molecular complexity index is 632. The maximum atomic E-state index is 11.9. The average Bonchev–Trinajstić information content (AvgIpc) is 3.01. The van der Waals surface area contributed by atoms with Gasteiger partial charge in [-0.3, -0.25) is 4.79 Å². The molecule has 130 valence electrons. The van der Waals surface area contributed by atoms with Crippen molar-refractivity contribution in [2.24, 2.45) is 0 Å². The van der Waals surface area contributed by atoms with E-state index in [0.29, 0.717) is 36.4 Å². The van der Waals surface area contributed by atoms with Crippen molar-refractivity contribution < 1.29 is 14.3 Å². The molecule has 0 radical (unpaired) electrons. The van der Waals surface area contributed by atoms with Gasteiger partial charge in [-0.1, -0.05) is 11.6 Å². The van der Waals surface area contributed by atoms with E-state index < -0.39 is 0 Å². The highest BCUT2D eigenvalue weighted by molar-refractivity contribution is 6.30. The van der Waals surface area contributed by atoms with Gasteiger partial charge in [0.15, 0.2) is 5.82 Å². The van der Waals surface area contributed by atoms with Gasteiger partial charge in [-0.25, -0.2) is 4.68 Å². The Morgan fingerprint density at radius 3 is 2.88 bits per heavy atom. The summed E-state index contributed by atoms with van der Waals surface area (Å²) in [6, 6.07) is 6.97. The zero-order valence-electron chi connectivity index (χ0n) is 13.4. The highest BCUT2D eigenvalue weighted by atomic mass is 35.5. The van der Waals surface area contributed by atoms with E-state index in [1.165, 1.54) is 4.68 Å². The summed E-state index contributed by atoms with van der Waals surface area (Å²) in [6.07, 6.45) is 0.766. The summed E-state index contributed by atoms with van der Waals surface area (Å²) in [5.74, 6) is 0.954. The van der Waals surface area contributed by atoms with Gasteiger partial charge in [0, 0.05) is 24.8 Å². The molecule has 2 rings (SSSR count). The molecule has 24 heavy (non-hydrogen) atoms. The standard InChI is InChI=1S/C15H20ClN5O3/c1-2-23-9-3-8-17-15(22)10-21-14(18-19-20-21)11-24-13-6-4-12(16)5-7-13/h4-7H,2-3,8-11H2,1H3,(H,17,22). The first kappa shape index (κ1) is 18.2. The lowest BCUT2D eigenvalue weighted by atomic mass is 10.3. The number of ether oxygens (including phenoxy) is 2. The van der Waals surface area contributed by atoms with Crippen molar-refractivity contribution in [2.45, 2.75) is 26.5 Å². The molecule has 8 nitrogen and oxygen atoms in total. The zero-order valence-corrected chi connectivity index (χ0v) is 14.2. The molecule has 1 N–H and O–H groups in total. The maximum absolute atomic E-state index is 11.9. The lowest BCUT2D eigenvalue weighted by Crippen LogP contribution is -2.30. The predicted octanol–water partition coefficient (Wildman–Crippen LogP) is 1.45. The monoisotopic (exact) mass is 353 g/mol. The first-order valence-electron chi connectivity index (χ1n) is 7.67. The topological polar surface area (TPSA) is 91.2 Å². The first-order chi connectivity index (χ1) is 11.7. The van der Waals surface area contributed by atoms with Crippen LogP contribution in [0.25, 0.3) is 0 Å². The lowest BCUT2D eigenvalue weighted by Gasteiger charge is -2.08. The van der Waals surface area contributed by atoms with Gasteiger partial charge in [-0.15, -0.1) is 5.10 Å². The normalized spacial score (nSPS) is 10.6. The molecule has 0 spiro atoms. The summed E-state index contributed by atoms with van der Waals surface area (Å²) >= 11 is 5.82. The first-order valence-corrected chi connectivity index (χ1v) is 8.04. The summed E-state index contributed by atoms with van der Waals surface area (Å²) in [6.45, 7) is 3.99. The van der Waals surface area contributed by atoms with E-state index in [2.05, 4.69) is 20.8 Å². The summed E-state index contributed by atoms with van der Waals surface area (Å²) in [5, 5.41) is 14.7. The van der Waals surface area contributed by atoms with Gasteiger partial charge in [0.05, 0.1) is 0 Å². The average molecular weight is 354 g/mol. The number of nitrogens with zero attached hydrogens (tertiary/aromatic N) is 4. The van der Waals surface area contributed by atoms with E-state index in [-0.39, 0.29) is 19.1 Å². The van der Waals surface area contributed by atoms with Crippen LogP contribution in [0.4, 0.5) is 0 Å². The molecule has 1 aromatic carbocycles. The third kappa shape index (κ3) is 6.13. The molecule has 1 heterocycles. The Kier molecular flexibility index (Phi) is 7.44. The van der Waals surface area contributed by atoms with Crippen LogP contribution in [0.3, 0.4) is 0 Å². The van der Waals surface area contributed by atoms with Crippen molar-refractivity contribution in [2.75, 3.05) is 19.8 Å². The zero-order chi connectivity index (χ0) is 17.2. The van der Waals surface area contributed by atoms with Gasteiger partial charge in [0.25, 0.3) is 0 Å². The number of tetrazole rings is 1. The third-order valence-electron chi connectivity index (χ3n) is 3.07. The van der Waals surface area contributed by atoms with Crippen molar-refractivity contribution in [1.82, 2.24) is 25.5 Å².